The predicted molar refractivity (Wildman–Crippen MR) is 122 cm³/mol. The fourth-order valence-corrected chi connectivity index (χ4v) is 8.86. The summed E-state index contributed by atoms with van der Waals surface area (Å²) in [6.07, 6.45) is 9.61. The average Bonchev–Trinajstić information content (AvgIpc) is 3.11. The van der Waals surface area contributed by atoms with Crippen molar-refractivity contribution in [3.63, 3.8) is 0 Å². The molecule has 0 aromatic rings. The Morgan fingerprint density at radius 2 is 1.84 bits per heavy atom. The van der Waals surface area contributed by atoms with Gasteiger partial charge in [0.2, 0.25) is 0 Å². The Kier molecular flexibility index (Phi) is 6.50. The summed E-state index contributed by atoms with van der Waals surface area (Å²) >= 11 is 0. The molecule has 4 saturated carbocycles. The highest BCUT2D eigenvalue weighted by molar-refractivity contribution is 5.87. The van der Waals surface area contributed by atoms with Gasteiger partial charge in [0, 0.05) is 25.2 Å². The van der Waals surface area contributed by atoms with Crippen molar-refractivity contribution in [1.82, 2.24) is 0 Å². The molecule has 0 aliphatic heterocycles. The van der Waals surface area contributed by atoms with E-state index in [-0.39, 0.29) is 28.9 Å². The number of carbonyl (C=O) groups excluding carboxylic acids is 3. The van der Waals surface area contributed by atoms with Crippen LogP contribution in [0.2, 0.25) is 0 Å². The van der Waals surface area contributed by atoms with Crippen molar-refractivity contribution in [2.75, 3.05) is 7.11 Å². The number of rotatable bonds is 5. The van der Waals surface area contributed by atoms with Crippen LogP contribution in [0.1, 0.15) is 91.9 Å². The Balaban J connectivity index is 1.50. The molecule has 0 saturated heterocycles. The lowest BCUT2D eigenvalue weighted by Crippen LogP contribution is -2.57. The van der Waals surface area contributed by atoms with Gasteiger partial charge < -0.3 is 9.47 Å². The third-order valence-corrected chi connectivity index (χ3v) is 10.6. The van der Waals surface area contributed by atoms with Gasteiger partial charge in [-0.1, -0.05) is 20.8 Å². The second kappa shape index (κ2) is 8.76. The molecule has 0 amide bonds. The van der Waals surface area contributed by atoms with Crippen molar-refractivity contribution in [3.05, 3.63) is 0 Å². The first-order valence-electron chi connectivity index (χ1n) is 12.9. The van der Waals surface area contributed by atoms with Gasteiger partial charge in [0.1, 0.15) is 11.9 Å². The van der Waals surface area contributed by atoms with E-state index in [1.165, 1.54) is 26.9 Å². The van der Waals surface area contributed by atoms with Gasteiger partial charge in [0.25, 0.3) is 0 Å². The highest BCUT2D eigenvalue weighted by atomic mass is 16.5. The van der Waals surface area contributed by atoms with Crippen LogP contribution in [0.5, 0.6) is 0 Å². The summed E-state index contributed by atoms with van der Waals surface area (Å²) in [5.41, 5.74) is -0.0556. The van der Waals surface area contributed by atoms with Crippen molar-refractivity contribution >= 4 is 17.7 Å². The van der Waals surface area contributed by atoms with Crippen LogP contribution in [0.25, 0.3) is 0 Å². The maximum Gasteiger partial charge on any atom is 0.305 e. The fourth-order valence-electron chi connectivity index (χ4n) is 8.86. The van der Waals surface area contributed by atoms with E-state index < -0.39 is 0 Å². The number of Topliss-reactive ketones (excluding diaryl/α,β-unsaturated/α-hetero) is 1. The van der Waals surface area contributed by atoms with E-state index in [0.717, 1.165) is 38.5 Å². The lowest BCUT2D eigenvalue weighted by Gasteiger charge is -2.60. The van der Waals surface area contributed by atoms with E-state index in [1.54, 1.807) is 0 Å². The summed E-state index contributed by atoms with van der Waals surface area (Å²) in [4.78, 5) is 37.0. The number of fused-ring (bicyclic) bond motifs is 5. The number of esters is 2. The standard InChI is InChI=1S/C27H42O5/c1-16(6-11-25(30)31-5)21-9-10-22-20-8-7-18-14-19(32-17(2)28)12-13-26(18,3)23(20)15-24(29)27(21,22)4/h16,18-23H,6-15H2,1-5H3/t16-,18-,19-,20+,21+,22-,23+,26+,27+/m1/s1. The maximum absolute atomic E-state index is 13.8. The molecule has 4 aliphatic carbocycles. The Bertz CT molecular complexity index is 761. The largest absolute Gasteiger partial charge is 0.469 e. The molecule has 9 atom stereocenters. The number of hydrogen-bond donors (Lipinski definition) is 0. The first kappa shape index (κ1) is 23.8. The monoisotopic (exact) mass is 446 g/mol. The lowest BCUT2D eigenvalue weighted by atomic mass is 9.44. The molecule has 0 radical (unpaired) electrons. The van der Waals surface area contributed by atoms with Gasteiger partial charge in [-0.2, -0.15) is 0 Å². The van der Waals surface area contributed by atoms with Gasteiger partial charge >= 0.3 is 11.9 Å². The fraction of sp³-hybridized carbons (Fsp3) is 0.889. The van der Waals surface area contributed by atoms with Gasteiger partial charge in [-0.25, -0.2) is 0 Å². The quantitative estimate of drug-likeness (QED) is 0.533. The molecule has 4 fully saturated rings. The second-order valence-corrected chi connectivity index (χ2v) is 11.8. The Hall–Kier alpha value is -1.39. The van der Waals surface area contributed by atoms with E-state index in [1.807, 2.05) is 0 Å². The van der Waals surface area contributed by atoms with Gasteiger partial charge in [-0.15, -0.1) is 0 Å². The molecule has 0 aromatic carbocycles. The van der Waals surface area contributed by atoms with Crippen molar-refractivity contribution < 1.29 is 23.9 Å². The Morgan fingerprint density at radius 3 is 2.53 bits per heavy atom. The highest BCUT2D eigenvalue weighted by Crippen LogP contribution is 2.67. The van der Waals surface area contributed by atoms with E-state index >= 15 is 0 Å². The zero-order chi connectivity index (χ0) is 23.3. The second-order valence-electron chi connectivity index (χ2n) is 11.8. The van der Waals surface area contributed by atoms with Gasteiger partial charge in [0.05, 0.1) is 7.11 Å². The first-order valence-corrected chi connectivity index (χ1v) is 12.9. The van der Waals surface area contributed by atoms with Crippen LogP contribution >= 0.6 is 0 Å². The summed E-state index contributed by atoms with van der Waals surface area (Å²) in [6, 6.07) is 0. The zero-order valence-electron chi connectivity index (χ0n) is 20.7. The molecule has 0 unspecified atom stereocenters. The van der Waals surface area contributed by atoms with Crippen molar-refractivity contribution in [2.45, 2.75) is 98.0 Å². The molecule has 32 heavy (non-hydrogen) atoms. The van der Waals surface area contributed by atoms with Gasteiger partial charge in [-0.3, -0.25) is 14.4 Å². The highest BCUT2D eigenvalue weighted by Gasteiger charge is 2.64. The molecule has 0 heterocycles. The molecular weight excluding hydrogens is 404 g/mol. The van der Waals surface area contributed by atoms with E-state index in [2.05, 4.69) is 20.8 Å². The summed E-state index contributed by atoms with van der Waals surface area (Å²) in [5, 5.41) is 0. The van der Waals surface area contributed by atoms with E-state index in [9.17, 15) is 14.4 Å². The van der Waals surface area contributed by atoms with Crippen LogP contribution < -0.4 is 0 Å². The smallest absolute Gasteiger partial charge is 0.305 e. The lowest BCUT2D eigenvalue weighted by molar-refractivity contribution is -0.167. The Labute approximate surface area is 193 Å². The van der Waals surface area contributed by atoms with Crippen LogP contribution in [0.15, 0.2) is 0 Å². The molecule has 0 N–H and O–H groups in total. The molecule has 0 bridgehead atoms. The van der Waals surface area contributed by atoms with Gasteiger partial charge in [-0.05, 0) is 92.3 Å². The topological polar surface area (TPSA) is 69.7 Å². The minimum atomic E-state index is -0.241. The van der Waals surface area contributed by atoms with Crippen LogP contribution in [0.4, 0.5) is 0 Å². The van der Waals surface area contributed by atoms with Crippen LogP contribution in [-0.2, 0) is 23.9 Å². The minimum Gasteiger partial charge on any atom is -0.469 e. The minimum absolute atomic E-state index is 0.0539. The predicted octanol–water partition coefficient (Wildman–Crippen LogP) is 5.35. The molecule has 0 aromatic heterocycles. The summed E-state index contributed by atoms with van der Waals surface area (Å²) in [6.45, 7) is 8.43. The zero-order valence-corrected chi connectivity index (χ0v) is 20.7. The van der Waals surface area contributed by atoms with E-state index in [4.69, 9.17) is 9.47 Å². The summed E-state index contributed by atoms with van der Waals surface area (Å²) < 4.78 is 10.4. The summed E-state index contributed by atoms with van der Waals surface area (Å²) in [7, 11) is 1.45. The molecule has 0 spiro atoms. The van der Waals surface area contributed by atoms with E-state index in [0.29, 0.717) is 54.1 Å². The van der Waals surface area contributed by atoms with Crippen molar-refractivity contribution in [2.24, 2.45) is 46.3 Å². The maximum atomic E-state index is 13.8. The number of ether oxygens (including phenoxy) is 2. The number of carbonyl (C=O) groups is 3. The molecule has 5 heteroatoms. The molecule has 180 valence electrons. The SMILES string of the molecule is COC(=O)CC[C@@H](C)[C@@H]1CC[C@@H]2[C@@H]3CC[C@@H]4C[C@H](OC(C)=O)CC[C@]4(C)[C@H]3CC(=O)[C@]21C. The first-order chi connectivity index (χ1) is 15.1. The van der Waals surface area contributed by atoms with Crippen LogP contribution in [-0.4, -0.2) is 30.9 Å². The van der Waals surface area contributed by atoms with Crippen molar-refractivity contribution in [1.29, 1.82) is 0 Å². The number of methoxy groups -OCH3 is 1. The Morgan fingerprint density at radius 1 is 1.09 bits per heavy atom. The molecular formula is C27H42O5. The average molecular weight is 447 g/mol. The van der Waals surface area contributed by atoms with Crippen LogP contribution in [0.3, 0.4) is 0 Å². The summed E-state index contributed by atoms with van der Waals surface area (Å²) in [5.74, 6) is 3.00. The molecule has 4 rings (SSSR count). The number of hydrogen-bond acceptors (Lipinski definition) is 5. The number of ketones is 1. The van der Waals surface area contributed by atoms with Crippen LogP contribution in [0, 0.1) is 46.3 Å². The third kappa shape index (κ3) is 3.81. The molecule has 4 aliphatic rings. The molecule has 5 nitrogen and oxygen atoms in total. The van der Waals surface area contributed by atoms with Gasteiger partial charge in [0.15, 0.2) is 0 Å². The van der Waals surface area contributed by atoms with Crippen molar-refractivity contribution in [3.8, 4) is 0 Å². The normalized spacial score (nSPS) is 44.1. The third-order valence-electron chi connectivity index (χ3n) is 10.6.